The first kappa shape index (κ1) is 25.9. The van der Waals surface area contributed by atoms with Crippen LogP contribution in [0.1, 0.15) is 31.1 Å². The number of anilines is 1. The van der Waals surface area contributed by atoms with Crippen LogP contribution in [-0.2, 0) is 15.7 Å². The molecular formula is C26H22ClF3N2O3. The molecule has 0 bridgehead atoms. The second kappa shape index (κ2) is 11.2. The molecule has 1 N–H and O–H groups in total. The van der Waals surface area contributed by atoms with Gasteiger partial charge >= 0.3 is 12.1 Å². The Kier molecular flexibility index (Phi) is 8.26. The van der Waals surface area contributed by atoms with Gasteiger partial charge in [-0.2, -0.15) is 18.4 Å². The minimum Gasteiger partial charge on any atom is -0.457 e. The van der Waals surface area contributed by atoms with Gasteiger partial charge < -0.3 is 14.8 Å². The Bertz CT molecular complexity index is 1210. The van der Waals surface area contributed by atoms with Gasteiger partial charge in [0.05, 0.1) is 16.3 Å². The normalized spacial score (nSPS) is 13.0. The fraction of sp³-hybridized carbons (Fsp3) is 0.231. The maximum Gasteiger partial charge on any atom is 0.416 e. The second-order valence-electron chi connectivity index (χ2n) is 7.99. The summed E-state index contributed by atoms with van der Waals surface area (Å²) < 4.78 is 50.0. The van der Waals surface area contributed by atoms with Crippen LogP contribution in [0.3, 0.4) is 0 Å². The van der Waals surface area contributed by atoms with Gasteiger partial charge in [-0.05, 0) is 48.4 Å². The van der Waals surface area contributed by atoms with E-state index in [1.165, 1.54) is 0 Å². The summed E-state index contributed by atoms with van der Waals surface area (Å²) in [5, 5.41) is 12.3. The van der Waals surface area contributed by atoms with Gasteiger partial charge in [0.1, 0.15) is 23.6 Å². The van der Waals surface area contributed by atoms with Crippen LogP contribution in [0, 0.1) is 17.2 Å². The van der Waals surface area contributed by atoms with E-state index in [4.69, 9.17) is 21.1 Å². The van der Waals surface area contributed by atoms with E-state index < -0.39 is 29.9 Å². The molecule has 0 amide bonds. The molecule has 0 radical (unpaired) electrons. The Morgan fingerprint density at radius 3 is 2.29 bits per heavy atom. The molecule has 9 heteroatoms. The average Bonchev–Trinajstić information content (AvgIpc) is 2.81. The topological polar surface area (TPSA) is 71.3 Å². The molecule has 0 fully saturated rings. The van der Waals surface area contributed by atoms with Crippen molar-refractivity contribution in [1.82, 2.24) is 0 Å². The van der Waals surface area contributed by atoms with Gasteiger partial charge in [-0.3, -0.25) is 0 Å². The van der Waals surface area contributed by atoms with E-state index >= 15 is 0 Å². The van der Waals surface area contributed by atoms with Crippen LogP contribution in [-0.4, -0.2) is 12.0 Å². The molecule has 3 aromatic carbocycles. The predicted molar refractivity (Wildman–Crippen MR) is 126 cm³/mol. The first-order chi connectivity index (χ1) is 16.6. The first-order valence-corrected chi connectivity index (χ1v) is 11.0. The van der Waals surface area contributed by atoms with Crippen LogP contribution in [0.2, 0.25) is 5.02 Å². The molecule has 0 spiro atoms. The van der Waals surface area contributed by atoms with Gasteiger partial charge in [0.15, 0.2) is 0 Å². The number of alkyl halides is 3. The highest BCUT2D eigenvalue weighted by molar-refractivity contribution is 6.33. The lowest BCUT2D eigenvalue weighted by molar-refractivity contribution is -0.149. The van der Waals surface area contributed by atoms with Crippen molar-refractivity contribution in [2.24, 2.45) is 5.92 Å². The van der Waals surface area contributed by atoms with Gasteiger partial charge in [0, 0.05) is 5.56 Å². The molecule has 5 nitrogen and oxygen atoms in total. The molecule has 1 unspecified atom stereocenters. The number of hydrogen-bond donors (Lipinski definition) is 1. The number of esters is 1. The maximum absolute atomic E-state index is 13.0. The molecule has 35 heavy (non-hydrogen) atoms. The minimum absolute atomic E-state index is 0.141. The molecule has 2 atom stereocenters. The highest BCUT2D eigenvalue weighted by Crippen LogP contribution is 2.34. The summed E-state index contributed by atoms with van der Waals surface area (Å²) in [5.41, 5.74) is -0.356. The number of para-hydroxylation sites is 1. The number of rotatable bonds is 8. The van der Waals surface area contributed by atoms with Gasteiger partial charge in [-0.25, -0.2) is 4.79 Å². The number of benzene rings is 3. The average molecular weight is 503 g/mol. The summed E-state index contributed by atoms with van der Waals surface area (Å²) in [6.45, 7) is 3.46. The second-order valence-corrected chi connectivity index (χ2v) is 8.40. The predicted octanol–water partition coefficient (Wildman–Crippen LogP) is 7.40. The van der Waals surface area contributed by atoms with E-state index in [0.29, 0.717) is 17.1 Å². The lowest BCUT2D eigenvalue weighted by Crippen LogP contribution is -2.36. The van der Waals surface area contributed by atoms with Gasteiger partial charge in [-0.1, -0.05) is 55.8 Å². The molecule has 3 rings (SSSR count). The molecule has 0 saturated heterocycles. The van der Waals surface area contributed by atoms with Crippen molar-refractivity contribution in [2.75, 3.05) is 5.32 Å². The molecule has 0 aliphatic carbocycles. The van der Waals surface area contributed by atoms with Crippen LogP contribution < -0.4 is 10.1 Å². The molecular weight excluding hydrogens is 481 g/mol. The van der Waals surface area contributed by atoms with Gasteiger partial charge in [-0.15, -0.1) is 0 Å². The number of halogens is 4. The first-order valence-electron chi connectivity index (χ1n) is 10.6. The van der Waals surface area contributed by atoms with Crippen LogP contribution >= 0.6 is 11.6 Å². The van der Waals surface area contributed by atoms with E-state index in [1.807, 2.05) is 24.3 Å². The van der Waals surface area contributed by atoms with Crippen LogP contribution in [0.4, 0.5) is 18.9 Å². The Labute approximate surface area is 206 Å². The summed E-state index contributed by atoms with van der Waals surface area (Å²) in [7, 11) is 0. The summed E-state index contributed by atoms with van der Waals surface area (Å²) in [5.74, 6) is -0.0161. The summed E-state index contributed by atoms with van der Waals surface area (Å²) in [6, 6.07) is 19.4. The Balaban J connectivity index is 1.75. The summed E-state index contributed by atoms with van der Waals surface area (Å²) in [4.78, 5) is 13.0. The zero-order chi connectivity index (χ0) is 25.6. The van der Waals surface area contributed by atoms with Crippen molar-refractivity contribution < 1.29 is 27.4 Å². The zero-order valence-electron chi connectivity index (χ0n) is 18.8. The zero-order valence-corrected chi connectivity index (χ0v) is 19.6. The molecule has 0 aliphatic rings. The van der Waals surface area contributed by atoms with Crippen LogP contribution in [0.25, 0.3) is 0 Å². The van der Waals surface area contributed by atoms with Crippen molar-refractivity contribution in [1.29, 1.82) is 5.26 Å². The SMILES string of the molecule is CC(C)C(Nc1ccc(C(F)(F)F)cc1Cl)C(=O)O[C@@H](C#N)c1cccc(Oc2ccccc2)c1. The number of nitriles is 1. The molecule has 0 heterocycles. The number of hydrogen-bond acceptors (Lipinski definition) is 5. The molecule has 0 saturated carbocycles. The summed E-state index contributed by atoms with van der Waals surface area (Å²) >= 11 is 6.02. The highest BCUT2D eigenvalue weighted by Gasteiger charge is 2.32. The lowest BCUT2D eigenvalue weighted by Gasteiger charge is -2.24. The van der Waals surface area contributed by atoms with Crippen molar-refractivity contribution in [2.45, 2.75) is 32.2 Å². The quantitative estimate of drug-likeness (QED) is 0.325. The maximum atomic E-state index is 13.0. The third-order valence-corrected chi connectivity index (χ3v) is 5.33. The van der Waals surface area contributed by atoms with E-state index in [9.17, 15) is 23.2 Å². The van der Waals surface area contributed by atoms with Crippen molar-refractivity contribution in [3.63, 3.8) is 0 Å². The monoisotopic (exact) mass is 502 g/mol. The van der Waals surface area contributed by atoms with E-state index in [2.05, 4.69) is 5.32 Å². The van der Waals surface area contributed by atoms with Crippen LogP contribution in [0.5, 0.6) is 11.5 Å². The minimum atomic E-state index is -4.54. The fourth-order valence-corrected chi connectivity index (χ4v) is 3.43. The number of carbonyl (C=O) groups is 1. The van der Waals surface area contributed by atoms with Gasteiger partial charge in [0.2, 0.25) is 6.10 Å². The number of nitrogens with zero attached hydrogens (tertiary/aromatic N) is 1. The number of nitrogens with one attached hydrogen (secondary N) is 1. The van der Waals surface area contributed by atoms with Crippen molar-refractivity contribution >= 4 is 23.3 Å². The highest BCUT2D eigenvalue weighted by atomic mass is 35.5. The Morgan fingerprint density at radius 1 is 1.00 bits per heavy atom. The van der Waals surface area contributed by atoms with E-state index in [0.717, 1.165) is 18.2 Å². The standard InChI is InChI=1S/C26H22ClF3N2O3/c1-16(2)24(32-22-12-11-18(14-21(22)27)26(28,29)30)25(33)35-23(15-31)17-7-6-10-20(13-17)34-19-8-4-3-5-9-19/h3-14,16,23-24,32H,1-2H3/t23-,24?/m0/s1. The van der Waals surface area contributed by atoms with Crippen LogP contribution in [0.15, 0.2) is 72.8 Å². The lowest BCUT2D eigenvalue weighted by atomic mass is 10.0. The van der Waals surface area contributed by atoms with E-state index in [1.54, 1.807) is 50.2 Å². The Morgan fingerprint density at radius 2 is 1.69 bits per heavy atom. The smallest absolute Gasteiger partial charge is 0.416 e. The third-order valence-electron chi connectivity index (χ3n) is 5.02. The Hall–Kier alpha value is -3.70. The number of carbonyl (C=O) groups excluding carboxylic acids is 1. The van der Waals surface area contributed by atoms with Crippen molar-refractivity contribution in [3.8, 4) is 17.6 Å². The molecule has 182 valence electrons. The fourth-order valence-electron chi connectivity index (χ4n) is 3.20. The summed E-state index contributed by atoms with van der Waals surface area (Å²) in [6.07, 6.45) is -5.77. The number of ether oxygens (including phenoxy) is 2. The molecule has 0 aliphatic heterocycles. The van der Waals surface area contributed by atoms with Gasteiger partial charge in [0.25, 0.3) is 0 Å². The largest absolute Gasteiger partial charge is 0.457 e. The molecule has 0 aromatic heterocycles. The molecule has 3 aromatic rings. The van der Waals surface area contributed by atoms with Crippen molar-refractivity contribution in [3.05, 3.63) is 88.9 Å². The van der Waals surface area contributed by atoms with E-state index in [-0.39, 0.29) is 16.6 Å². The third kappa shape index (κ3) is 6.90.